The molecule has 0 N–H and O–H groups in total. The summed E-state index contributed by atoms with van der Waals surface area (Å²) < 4.78 is 6.14. The Labute approximate surface area is 222 Å². The average molecular weight is 525 g/mol. The van der Waals surface area contributed by atoms with E-state index in [1.807, 2.05) is 12.8 Å². The minimum absolute atomic E-state index is 0.400. The molecule has 2 bridgehead atoms. The van der Waals surface area contributed by atoms with Crippen LogP contribution in [-0.4, -0.2) is 6.10 Å². The second-order valence-electron chi connectivity index (χ2n) is 12.0. The second kappa shape index (κ2) is 12.2. The van der Waals surface area contributed by atoms with Crippen molar-refractivity contribution in [2.24, 2.45) is 40.4 Å². The Morgan fingerprint density at radius 3 is 2.15 bits per heavy atom. The summed E-state index contributed by atoms with van der Waals surface area (Å²) in [5.41, 5.74) is 0.932. The van der Waals surface area contributed by atoms with Crippen molar-refractivity contribution >= 4 is 18.6 Å². The van der Waals surface area contributed by atoms with Crippen LogP contribution in [0.4, 0.5) is 0 Å². The normalized spacial score (nSPS) is 37.3. The molecule has 0 saturated heterocycles. The van der Waals surface area contributed by atoms with Gasteiger partial charge < -0.3 is 4.74 Å². The van der Waals surface area contributed by atoms with E-state index in [9.17, 15) is 0 Å². The quantitative estimate of drug-likeness (QED) is 0.335. The summed E-state index contributed by atoms with van der Waals surface area (Å²) in [5, 5.41) is 0. The molecule has 0 spiro atoms. The first-order valence-electron chi connectivity index (χ1n) is 12.6. The van der Waals surface area contributed by atoms with Crippen LogP contribution >= 0.6 is 18.6 Å². The first kappa shape index (κ1) is 28.8. The molecule has 0 aliphatic heterocycles. The molecule has 6 saturated carbocycles. The van der Waals surface area contributed by atoms with Crippen LogP contribution in [0.3, 0.4) is 0 Å². The molecule has 0 amide bonds. The van der Waals surface area contributed by atoms with Crippen LogP contribution in [0, 0.1) is 103 Å². The van der Waals surface area contributed by atoms with Gasteiger partial charge in [-0.3, -0.25) is 0 Å². The molecule has 33 heavy (non-hydrogen) atoms. The molecule has 6 fully saturated rings. The molecule has 1 nitrogen and oxygen atoms in total. The second-order valence-corrected chi connectivity index (χ2v) is 14.5. The minimum atomic E-state index is -0.556. The van der Waals surface area contributed by atoms with E-state index in [1.54, 1.807) is 11.8 Å². The topological polar surface area (TPSA) is 9.23 Å². The van der Waals surface area contributed by atoms with E-state index in [4.69, 9.17) is 23.3 Å². The van der Waals surface area contributed by atoms with E-state index >= 15 is 0 Å². The van der Waals surface area contributed by atoms with E-state index in [0.717, 1.165) is 35.7 Å². The Kier molecular flexibility index (Phi) is 10.7. The third-order valence-corrected chi connectivity index (χ3v) is 8.94. The standard InChI is InChI=1S/C15H23O.C14H19.2ClH.Ti/c1-11(2)14-9-8-12(3)10-15(14)16-13-6-4-5-7-13;1-13(2)10-7-5-6-9(10)11-8-12(13)14(11,3)4;;;/h4-7,11-12,14-15H,8-10H2,1-3H3;5-7,11-12H,8H2,1-4H3;2*1H;/q;;;;+2/p-2/t12-,14+,15+;;;;/m1..../s1. The summed E-state index contributed by atoms with van der Waals surface area (Å²) in [6, 6.07) is 0. The van der Waals surface area contributed by atoms with E-state index < -0.39 is 17.0 Å². The molecule has 0 heterocycles. The summed E-state index contributed by atoms with van der Waals surface area (Å²) in [6.07, 6.45) is 21.9. The van der Waals surface area contributed by atoms with Gasteiger partial charge >= 0.3 is 35.6 Å². The van der Waals surface area contributed by atoms with Crippen molar-refractivity contribution in [3.8, 4) is 0 Å². The van der Waals surface area contributed by atoms with Crippen molar-refractivity contribution in [1.29, 1.82) is 0 Å². The SMILES string of the molecule is CC(C)[C@@H]1CC[C@@H](C)C[C@@H]1O[C]1[CH][CH][CH][CH]1.CC1(C)[C]2[CH][CH][CH][C]2C2CC1C2(C)C.[Cl][Ti][Cl]. The average Bonchev–Trinajstić information content (AvgIpc) is 3.40. The van der Waals surface area contributed by atoms with Crippen LogP contribution in [0.15, 0.2) is 0 Å². The Hall–Kier alpha value is 1.25. The molecule has 0 aromatic carbocycles. The first-order chi connectivity index (χ1) is 15.5. The summed E-state index contributed by atoms with van der Waals surface area (Å²) in [5.74, 6) is 7.26. The Bertz CT molecular complexity index is 596. The maximum absolute atomic E-state index is 6.14. The van der Waals surface area contributed by atoms with Crippen LogP contribution in [0.25, 0.3) is 0 Å². The van der Waals surface area contributed by atoms with Crippen molar-refractivity contribution in [1.82, 2.24) is 0 Å². The predicted octanol–water partition coefficient (Wildman–Crippen LogP) is 8.67. The number of hydrogen-bond acceptors (Lipinski definition) is 1. The molecular weight excluding hydrogens is 483 g/mol. The van der Waals surface area contributed by atoms with Gasteiger partial charge in [-0.2, -0.15) is 0 Å². The van der Waals surface area contributed by atoms with Crippen molar-refractivity contribution in [2.45, 2.75) is 80.3 Å². The van der Waals surface area contributed by atoms with E-state index in [2.05, 4.69) is 80.6 Å². The summed E-state index contributed by atoms with van der Waals surface area (Å²) >= 11 is -0.556. The Morgan fingerprint density at radius 2 is 1.58 bits per heavy atom. The van der Waals surface area contributed by atoms with E-state index in [1.165, 1.54) is 25.7 Å². The van der Waals surface area contributed by atoms with Gasteiger partial charge in [0, 0.05) is 12.8 Å². The summed E-state index contributed by atoms with van der Waals surface area (Å²) in [6.45, 7) is 16.7. The predicted molar refractivity (Wildman–Crippen MR) is 137 cm³/mol. The van der Waals surface area contributed by atoms with Crippen molar-refractivity contribution in [3.05, 3.63) is 62.9 Å². The van der Waals surface area contributed by atoms with Gasteiger partial charge in [0.25, 0.3) is 0 Å². The number of halogens is 2. The van der Waals surface area contributed by atoms with Crippen molar-refractivity contribution in [2.75, 3.05) is 0 Å². The first-order valence-corrected chi connectivity index (χ1v) is 16.9. The molecule has 0 aromatic heterocycles. The van der Waals surface area contributed by atoms with Crippen LogP contribution < -0.4 is 0 Å². The molecule has 6 aliphatic rings. The van der Waals surface area contributed by atoms with Crippen LogP contribution in [0.2, 0.25) is 0 Å². The van der Waals surface area contributed by atoms with Gasteiger partial charge in [-0.05, 0) is 104 Å². The number of rotatable bonds is 3. The molecule has 2 unspecified atom stereocenters. The number of ether oxygens (including phenoxy) is 1. The molecule has 5 atom stereocenters. The van der Waals surface area contributed by atoms with Crippen LogP contribution in [-0.2, 0) is 21.8 Å². The van der Waals surface area contributed by atoms with E-state index in [-0.39, 0.29) is 0 Å². The monoisotopic (exact) mass is 524 g/mol. The maximum atomic E-state index is 6.14. The molecule has 4 heteroatoms. The van der Waals surface area contributed by atoms with Gasteiger partial charge in [-0.1, -0.05) is 54.9 Å². The van der Waals surface area contributed by atoms with Gasteiger partial charge in [0.15, 0.2) is 0 Å². The fourth-order valence-corrected chi connectivity index (χ4v) is 7.05. The summed E-state index contributed by atoms with van der Waals surface area (Å²) in [7, 11) is 9.78. The zero-order valence-electron chi connectivity index (χ0n) is 21.5. The number of hydrogen-bond donors (Lipinski definition) is 0. The fourth-order valence-electron chi connectivity index (χ4n) is 7.05. The molecule has 0 aromatic rings. The Morgan fingerprint density at radius 1 is 0.939 bits per heavy atom. The van der Waals surface area contributed by atoms with Crippen molar-refractivity contribution < 1.29 is 21.8 Å². The molecule has 10 radical (unpaired) electrons. The van der Waals surface area contributed by atoms with E-state index in [0.29, 0.717) is 16.9 Å². The Balaban J connectivity index is 0.000000167. The van der Waals surface area contributed by atoms with Gasteiger partial charge in [0.05, 0.1) is 6.10 Å². The van der Waals surface area contributed by atoms with Gasteiger partial charge in [-0.25, -0.2) is 0 Å². The third kappa shape index (κ3) is 6.40. The fraction of sp³-hybridized carbons (Fsp3) is 0.655. The van der Waals surface area contributed by atoms with Crippen LogP contribution in [0.5, 0.6) is 0 Å². The molecule has 6 rings (SSSR count). The zero-order chi connectivity index (χ0) is 24.4. The molecule has 6 aliphatic carbocycles. The van der Waals surface area contributed by atoms with Crippen LogP contribution in [0.1, 0.15) is 74.1 Å². The zero-order valence-corrected chi connectivity index (χ0v) is 24.6. The van der Waals surface area contributed by atoms with Crippen molar-refractivity contribution in [3.63, 3.8) is 0 Å². The molecular formula is C29H42Cl2OTi. The van der Waals surface area contributed by atoms with Gasteiger partial charge in [0.2, 0.25) is 0 Å². The van der Waals surface area contributed by atoms with Gasteiger partial charge in [-0.15, -0.1) is 0 Å². The van der Waals surface area contributed by atoms with Gasteiger partial charge in [0.1, 0.15) is 6.10 Å². The summed E-state index contributed by atoms with van der Waals surface area (Å²) in [4.78, 5) is 0. The third-order valence-electron chi connectivity index (χ3n) is 8.94. The molecule has 182 valence electrons.